The highest BCUT2D eigenvalue weighted by Crippen LogP contribution is 2.22. The summed E-state index contributed by atoms with van der Waals surface area (Å²) in [6, 6.07) is 15.6. The third-order valence-corrected chi connectivity index (χ3v) is 6.20. The van der Waals surface area contributed by atoms with Crippen molar-refractivity contribution in [1.82, 2.24) is 4.90 Å². The zero-order valence-electron chi connectivity index (χ0n) is 13.8. The molecule has 130 valence electrons. The molecule has 0 unspecified atom stereocenters. The first-order chi connectivity index (χ1) is 12.0. The lowest BCUT2D eigenvalue weighted by atomic mass is 10.1. The fourth-order valence-electron chi connectivity index (χ4n) is 2.42. The summed E-state index contributed by atoms with van der Waals surface area (Å²) in [5.74, 6) is 0.660. The van der Waals surface area contributed by atoms with Crippen LogP contribution in [0.4, 0.5) is 0 Å². The van der Waals surface area contributed by atoms with Crippen molar-refractivity contribution in [2.45, 2.75) is 11.8 Å². The SMILES string of the molecule is Cc1ccc(S(=O)(=O)/N=C2\SCCN2CC(=O)c2ccccc2)cc1. The van der Waals surface area contributed by atoms with Crippen LogP contribution in [-0.2, 0) is 10.0 Å². The number of ketones is 1. The van der Waals surface area contributed by atoms with E-state index in [4.69, 9.17) is 0 Å². The molecule has 1 saturated heterocycles. The molecule has 0 bridgehead atoms. The van der Waals surface area contributed by atoms with E-state index in [-0.39, 0.29) is 17.2 Å². The van der Waals surface area contributed by atoms with Gasteiger partial charge in [0.25, 0.3) is 10.0 Å². The lowest BCUT2D eigenvalue weighted by molar-refractivity contribution is 0.0967. The number of carbonyl (C=O) groups excluding carboxylic acids is 1. The van der Waals surface area contributed by atoms with E-state index < -0.39 is 10.0 Å². The summed E-state index contributed by atoms with van der Waals surface area (Å²) >= 11 is 1.36. The molecule has 0 N–H and O–H groups in total. The molecule has 0 saturated carbocycles. The van der Waals surface area contributed by atoms with Crippen LogP contribution in [0.25, 0.3) is 0 Å². The second-order valence-corrected chi connectivity index (χ2v) is 8.39. The molecule has 0 radical (unpaired) electrons. The van der Waals surface area contributed by atoms with Gasteiger partial charge in [-0.3, -0.25) is 4.79 Å². The Bertz CT molecular complexity index is 892. The van der Waals surface area contributed by atoms with Crippen molar-refractivity contribution in [3.05, 3.63) is 65.7 Å². The van der Waals surface area contributed by atoms with Crippen LogP contribution in [0.3, 0.4) is 0 Å². The topological polar surface area (TPSA) is 66.8 Å². The molecule has 0 aliphatic carbocycles. The summed E-state index contributed by atoms with van der Waals surface area (Å²) < 4.78 is 28.9. The van der Waals surface area contributed by atoms with Gasteiger partial charge in [0.2, 0.25) is 0 Å². The molecule has 1 aliphatic heterocycles. The van der Waals surface area contributed by atoms with E-state index in [1.54, 1.807) is 41.3 Å². The maximum Gasteiger partial charge on any atom is 0.284 e. The molecule has 25 heavy (non-hydrogen) atoms. The van der Waals surface area contributed by atoms with Crippen LogP contribution in [-0.4, -0.2) is 43.1 Å². The first kappa shape index (κ1) is 17.7. The van der Waals surface area contributed by atoms with E-state index in [1.807, 2.05) is 25.1 Å². The third-order valence-electron chi connectivity index (χ3n) is 3.81. The minimum atomic E-state index is -3.78. The Labute approximate surface area is 151 Å². The summed E-state index contributed by atoms with van der Waals surface area (Å²) in [5.41, 5.74) is 1.59. The van der Waals surface area contributed by atoms with Gasteiger partial charge in [0.05, 0.1) is 11.4 Å². The van der Waals surface area contributed by atoms with Gasteiger partial charge in [-0.05, 0) is 19.1 Å². The number of hydrogen-bond acceptors (Lipinski definition) is 4. The van der Waals surface area contributed by atoms with Gasteiger partial charge < -0.3 is 4.90 Å². The van der Waals surface area contributed by atoms with Crippen LogP contribution in [0.2, 0.25) is 0 Å². The molecule has 0 atom stereocenters. The normalized spacial score (nSPS) is 16.4. The first-order valence-electron chi connectivity index (χ1n) is 7.83. The van der Waals surface area contributed by atoms with E-state index in [9.17, 15) is 13.2 Å². The van der Waals surface area contributed by atoms with Crippen molar-refractivity contribution < 1.29 is 13.2 Å². The van der Waals surface area contributed by atoms with E-state index in [2.05, 4.69) is 4.40 Å². The molecular formula is C18H18N2O3S2. The van der Waals surface area contributed by atoms with Gasteiger partial charge in [-0.15, -0.1) is 4.40 Å². The standard InChI is InChI=1S/C18H18N2O3S2/c1-14-7-9-16(10-8-14)25(22,23)19-18-20(11-12-24-18)13-17(21)15-5-3-2-4-6-15/h2-10H,11-13H2,1H3/b19-18-. The highest BCUT2D eigenvalue weighted by Gasteiger charge is 2.25. The Kier molecular flexibility index (Phi) is 5.24. The van der Waals surface area contributed by atoms with Gasteiger partial charge in [-0.25, -0.2) is 0 Å². The van der Waals surface area contributed by atoms with E-state index in [0.29, 0.717) is 23.0 Å². The van der Waals surface area contributed by atoms with Crippen molar-refractivity contribution in [3.8, 4) is 0 Å². The number of Topliss-reactive ketones (excluding diaryl/α,β-unsaturated/α-hetero) is 1. The average Bonchev–Trinajstić information content (AvgIpc) is 3.02. The number of rotatable bonds is 5. The molecule has 2 aromatic rings. The van der Waals surface area contributed by atoms with Gasteiger partial charge in [0.15, 0.2) is 11.0 Å². The van der Waals surface area contributed by atoms with Crippen LogP contribution >= 0.6 is 11.8 Å². The fraction of sp³-hybridized carbons (Fsp3) is 0.222. The summed E-state index contributed by atoms with van der Waals surface area (Å²) in [7, 11) is -3.78. The highest BCUT2D eigenvalue weighted by atomic mass is 32.2. The van der Waals surface area contributed by atoms with Gasteiger partial charge in [0, 0.05) is 17.9 Å². The fourth-order valence-corrected chi connectivity index (χ4v) is 4.66. The Morgan fingerprint density at radius 2 is 1.80 bits per heavy atom. The number of hydrogen-bond donors (Lipinski definition) is 0. The summed E-state index contributed by atoms with van der Waals surface area (Å²) in [6.45, 7) is 2.62. The van der Waals surface area contributed by atoms with Crippen LogP contribution in [0.15, 0.2) is 63.9 Å². The lowest BCUT2D eigenvalue weighted by Crippen LogP contribution is -2.31. The molecule has 7 heteroatoms. The number of nitrogens with zero attached hydrogens (tertiary/aromatic N) is 2. The molecular weight excluding hydrogens is 356 g/mol. The second-order valence-electron chi connectivity index (χ2n) is 5.72. The number of carbonyl (C=O) groups is 1. The minimum Gasteiger partial charge on any atom is -0.342 e. The van der Waals surface area contributed by atoms with E-state index in [1.165, 1.54) is 11.8 Å². The maximum absolute atomic E-state index is 12.5. The molecule has 3 rings (SSSR count). The second kappa shape index (κ2) is 7.41. The Balaban J connectivity index is 1.80. The van der Waals surface area contributed by atoms with Crippen LogP contribution < -0.4 is 0 Å². The number of thioether (sulfide) groups is 1. The van der Waals surface area contributed by atoms with Crippen molar-refractivity contribution in [1.29, 1.82) is 0 Å². The van der Waals surface area contributed by atoms with Crippen molar-refractivity contribution in [2.24, 2.45) is 4.40 Å². The molecule has 0 spiro atoms. The Morgan fingerprint density at radius 3 is 2.48 bits per heavy atom. The van der Waals surface area contributed by atoms with Crippen molar-refractivity contribution in [2.75, 3.05) is 18.8 Å². The monoisotopic (exact) mass is 374 g/mol. The highest BCUT2D eigenvalue weighted by molar-refractivity contribution is 8.14. The quantitative estimate of drug-likeness (QED) is 0.753. The average molecular weight is 374 g/mol. The maximum atomic E-state index is 12.5. The lowest BCUT2D eigenvalue weighted by Gasteiger charge is -2.16. The predicted octanol–water partition coefficient (Wildman–Crippen LogP) is 2.97. The van der Waals surface area contributed by atoms with Crippen molar-refractivity contribution in [3.63, 3.8) is 0 Å². The molecule has 1 heterocycles. The largest absolute Gasteiger partial charge is 0.342 e. The first-order valence-corrected chi connectivity index (χ1v) is 10.3. The predicted molar refractivity (Wildman–Crippen MR) is 101 cm³/mol. The molecule has 0 amide bonds. The molecule has 5 nitrogen and oxygen atoms in total. The van der Waals surface area contributed by atoms with Gasteiger partial charge in [0.1, 0.15) is 0 Å². The molecule has 2 aromatic carbocycles. The number of benzene rings is 2. The molecule has 0 aromatic heterocycles. The number of amidine groups is 1. The van der Waals surface area contributed by atoms with Gasteiger partial charge in [-0.2, -0.15) is 8.42 Å². The van der Waals surface area contributed by atoms with Gasteiger partial charge in [-0.1, -0.05) is 59.8 Å². The molecule has 1 fully saturated rings. The minimum absolute atomic E-state index is 0.0523. The van der Waals surface area contributed by atoms with Crippen LogP contribution in [0.5, 0.6) is 0 Å². The van der Waals surface area contributed by atoms with Crippen LogP contribution in [0.1, 0.15) is 15.9 Å². The molecule has 1 aliphatic rings. The zero-order valence-corrected chi connectivity index (χ0v) is 15.4. The number of sulfonamides is 1. The summed E-state index contributed by atoms with van der Waals surface area (Å²) in [4.78, 5) is 14.3. The van der Waals surface area contributed by atoms with Crippen LogP contribution in [0, 0.1) is 6.92 Å². The van der Waals surface area contributed by atoms with Gasteiger partial charge >= 0.3 is 0 Å². The van der Waals surface area contributed by atoms with E-state index >= 15 is 0 Å². The summed E-state index contributed by atoms with van der Waals surface area (Å²) in [5, 5.41) is 0.379. The number of aryl methyl sites for hydroxylation is 1. The van der Waals surface area contributed by atoms with E-state index in [0.717, 1.165) is 5.56 Å². The van der Waals surface area contributed by atoms with Crippen molar-refractivity contribution >= 4 is 32.7 Å². The smallest absolute Gasteiger partial charge is 0.284 e. The Hall–Kier alpha value is -2.12. The summed E-state index contributed by atoms with van der Waals surface area (Å²) in [6.07, 6.45) is 0. The Morgan fingerprint density at radius 1 is 1.12 bits per heavy atom. The third kappa shape index (κ3) is 4.29. The zero-order chi connectivity index (χ0) is 17.9.